The zero-order valence-electron chi connectivity index (χ0n) is 24.3. The Morgan fingerprint density at radius 3 is 2.43 bits per heavy atom. The number of amides is 1. The van der Waals surface area contributed by atoms with Gasteiger partial charge in [-0.15, -0.1) is 12.4 Å². The first kappa shape index (κ1) is 30.7. The summed E-state index contributed by atoms with van der Waals surface area (Å²) < 4.78 is 21.5. The number of nitrogens with one attached hydrogen (secondary N) is 2. The zero-order chi connectivity index (χ0) is 29.9. The van der Waals surface area contributed by atoms with Gasteiger partial charge in [-0.05, 0) is 67.9 Å². The summed E-state index contributed by atoms with van der Waals surface area (Å²) in [6, 6.07) is 16.4. The Morgan fingerprint density at radius 1 is 1.00 bits per heavy atom. The highest BCUT2D eigenvalue weighted by Crippen LogP contribution is 2.31. The van der Waals surface area contributed by atoms with E-state index in [0.717, 1.165) is 42.9 Å². The number of hydrogen-bond donors (Lipinski definition) is 2. The summed E-state index contributed by atoms with van der Waals surface area (Å²) in [5.41, 5.74) is 1.66. The van der Waals surface area contributed by atoms with Crippen LogP contribution < -0.4 is 25.7 Å². The summed E-state index contributed by atoms with van der Waals surface area (Å²) in [7, 11) is 0. The summed E-state index contributed by atoms with van der Waals surface area (Å²) in [6.45, 7) is 7.48. The number of pyridine rings is 3. The van der Waals surface area contributed by atoms with Gasteiger partial charge in [0.2, 0.25) is 5.43 Å². The van der Waals surface area contributed by atoms with Gasteiger partial charge in [0.15, 0.2) is 0 Å². The minimum atomic E-state index is -0.537. The molecule has 2 N–H and O–H groups in total. The van der Waals surface area contributed by atoms with Gasteiger partial charge in [-0.3, -0.25) is 14.6 Å². The highest BCUT2D eigenvalue weighted by Gasteiger charge is 2.18. The number of halogens is 2. The first-order valence-corrected chi connectivity index (χ1v) is 14.2. The molecule has 44 heavy (non-hydrogen) atoms. The van der Waals surface area contributed by atoms with Crippen LogP contribution >= 0.6 is 12.4 Å². The van der Waals surface area contributed by atoms with Crippen molar-refractivity contribution in [2.75, 3.05) is 36.4 Å². The van der Waals surface area contributed by atoms with Crippen LogP contribution in [0, 0.1) is 5.82 Å². The molecule has 5 aromatic rings. The second-order valence-corrected chi connectivity index (χ2v) is 10.6. The molecule has 0 radical (unpaired) electrons. The van der Waals surface area contributed by atoms with Gasteiger partial charge in [-0.2, -0.15) is 0 Å². The number of carbonyl (C=O) groups is 1. The summed E-state index contributed by atoms with van der Waals surface area (Å²) in [6.07, 6.45) is 6.68. The summed E-state index contributed by atoms with van der Waals surface area (Å²) in [5, 5.41) is 7.02. The molecule has 11 heteroatoms. The third-order valence-corrected chi connectivity index (χ3v) is 7.40. The van der Waals surface area contributed by atoms with E-state index in [0.29, 0.717) is 28.3 Å². The fraction of sp³-hybridized carbons (Fsp3) is 0.212. The number of nitrogens with zero attached hydrogens (tertiary/aromatic N) is 4. The lowest BCUT2D eigenvalue weighted by Crippen LogP contribution is -2.43. The highest BCUT2D eigenvalue weighted by atomic mass is 35.5. The number of aromatic nitrogens is 3. The minimum absolute atomic E-state index is 0. The Kier molecular flexibility index (Phi) is 9.22. The van der Waals surface area contributed by atoms with Gasteiger partial charge in [0, 0.05) is 67.4 Å². The molecule has 9 nitrogen and oxygen atoms in total. The van der Waals surface area contributed by atoms with E-state index in [1.807, 2.05) is 26.0 Å². The van der Waals surface area contributed by atoms with Gasteiger partial charge >= 0.3 is 0 Å². The Hall–Kier alpha value is -4.80. The van der Waals surface area contributed by atoms with Crippen LogP contribution in [0.4, 0.5) is 15.9 Å². The first-order chi connectivity index (χ1) is 20.9. The van der Waals surface area contributed by atoms with Crippen molar-refractivity contribution in [3.63, 3.8) is 0 Å². The lowest BCUT2D eigenvalue weighted by Gasteiger charge is -2.28. The number of carbonyl (C=O) groups excluding carboxylic acids is 1. The molecule has 0 spiro atoms. The molecule has 6 rings (SSSR count). The third-order valence-electron chi connectivity index (χ3n) is 7.40. The lowest BCUT2D eigenvalue weighted by atomic mass is 10.0. The minimum Gasteiger partial charge on any atom is -0.457 e. The van der Waals surface area contributed by atoms with E-state index in [-0.39, 0.29) is 24.0 Å². The van der Waals surface area contributed by atoms with Crippen LogP contribution in [0.2, 0.25) is 0 Å². The van der Waals surface area contributed by atoms with Gasteiger partial charge in [0.1, 0.15) is 28.7 Å². The highest BCUT2D eigenvalue weighted by molar-refractivity contribution is 6.04. The number of piperazine rings is 1. The molecule has 2 aromatic carbocycles. The van der Waals surface area contributed by atoms with Crippen molar-refractivity contribution in [3.8, 4) is 22.6 Å². The summed E-state index contributed by atoms with van der Waals surface area (Å²) in [5.74, 6) is 1.16. The van der Waals surface area contributed by atoms with E-state index in [1.165, 1.54) is 24.3 Å². The molecule has 1 saturated heterocycles. The fourth-order valence-corrected chi connectivity index (χ4v) is 4.99. The van der Waals surface area contributed by atoms with Crippen LogP contribution in [0.5, 0.6) is 11.5 Å². The summed E-state index contributed by atoms with van der Waals surface area (Å²) in [4.78, 5) is 37.9. The molecule has 0 atom stereocenters. The monoisotopic (exact) mass is 614 g/mol. The number of benzene rings is 2. The van der Waals surface area contributed by atoms with Gasteiger partial charge < -0.3 is 24.8 Å². The van der Waals surface area contributed by atoms with Crippen molar-refractivity contribution < 1.29 is 13.9 Å². The standard InChI is InChI=1S/C33H31FN6O3.ClH/c1-21(2)40-19-27(22-3-5-23(34)6-4-22)32(41)28(20-40)33(42)38-24-7-9-25(10-8-24)43-30-11-12-36-29-18-37-31(17-26(29)30)39-15-13-35-14-16-39;/h3-12,17-21,35H,13-16H2,1-2H3,(H,38,42);1H. The molecule has 4 heterocycles. The van der Waals surface area contributed by atoms with Gasteiger partial charge in [0.05, 0.1) is 11.7 Å². The SMILES string of the molecule is CC(C)n1cc(C(=O)Nc2ccc(Oc3ccnc4cnc(N5CCNCC5)cc34)cc2)c(=O)c(-c2ccc(F)cc2)c1.Cl. The van der Waals surface area contributed by atoms with Crippen LogP contribution in [-0.2, 0) is 0 Å². The van der Waals surface area contributed by atoms with Crippen molar-refractivity contribution in [2.45, 2.75) is 19.9 Å². The quantitative estimate of drug-likeness (QED) is 0.230. The molecular weight excluding hydrogens is 583 g/mol. The number of anilines is 2. The smallest absolute Gasteiger partial charge is 0.261 e. The zero-order valence-corrected chi connectivity index (χ0v) is 25.1. The van der Waals surface area contributed by atoms with Crippen molar-refractivity contribution >= 4 is 40.7 Å². The Balaban J connectivity index is 0.00000384. The van der Waals surface area contributed by atoms with E-state index in [4.69, 9.17) is 4.74 Å². The topological polar surface area (TPSA) is 101 Å². The van der Waals surface area contributed by atoms with Crippen LogP contribution in [0.25, 0.3) is 22.0 Å². The lowest BCUT2D eigenvalue weighted by molar-refractivity contribution is 0.102. The molecule has 1 aliphatic rings. The maximum Gasteiger partial charge on any atom is 0.261 e. The number of hydrogen-bond acceptors (Lipinski definition) is 7. The molecule has 1 amide bonds. The number of ether oxygens (including phenoxy) is 1. The molecule has 0 aliphatic carbocycles. The number of rotatable bonds is 7. The van der Waals surface area contributed by atoms with Crippen molar-refractivity contribution in [3.05, 3.63) is 107 Å². The Labute approximate surface area is 260 Å². The largest absolute Gasteiger partial charge is 0.457 e. The van der Waals surface area contributed by atoms with Crippen molar-refractivity contribution in [1.29, 1.82) is 0 Å². The Morgan fingerprint density at radius 2 is 1.73 bits per heavy atom. The van der Waals surface area contributed by atoms with Crippen LogP contribution in [0.1, 0.15) is 30.2 Å². The maximum atomic E-state index is 13.5. The van der Waals surface area contributed by atoms with E-state index in [1.54, 1.807) is 53.6 Å². The van der Waals surface area contributed by atoms with Crippen LogP contribution in [-0.4, -0.2) is 46.6 Å². The van der Waals surface area contributed by atoms with Gasteiger partial charge in [-0.1, -0.05) is 12.1 Å². The summed E-state index contributed by atoms with van der Waals surface area (Å²) >= 11 is 0. The van der Waals surface area contributed by atoms with Gasteiger partial charge in [-0.25, -0.2) is 9.37 Å². The molecule has 3 aromatic heterocycles. The fourth-order valence-electron chi connectivity index (χ4n) is 4.99. The Bertz CT molecular complexity index is 1840. The second-order valence-electron chi connectivity index (χ2n) is 10.6. The molecule has 0 unspecified atom stereocenters. The average molecular weight is 615 g/mol. The predicted octanol–water partition coefficient (Wildman–Crippen LogP) is 6.05. The van der Waals surface area contributed by atoms with Crippen LogP contribution in [0.15, 0.2) is 90.2 Å². The first-order valence-electron chi connectivity index (χ1n) is 14.2. The van der Waals surface area contributed by atoms with E-state index >= 15 is 0 Å². The normalized spacial score (nSPS) is 13.0. The maximum absolute atomic E-state index is 13.5. The second kappa shape index (κ2) is 13.2. The van der Waals surface area contributed by atoms with Gasteiger partial charge in [0.25, 0.3) is 5.91 Å². The molecule has 0 saturated carbocycles. The molecule has 0 bridgehead atoms. The number of fused-ring (bicyclic) bond motifs is 1. The molecule has 226 valence electrons. The van der Waals surface area contributed by atoms with E-state index in [2.05, 4.69) is 25.5 Å². The average Bonchev–Trinajstić information content (AvgIpc) is 3.03. The molecule has 1 fully saturated rings. The van der Waals surface area contributed by atoms with E-state index in [9.17, 15) is 14.0 Å². The van der Waals surface area contributed by atoms with Crippen LogP contribution in [0.3, 0.4) is 0 Å². The molecule has 1 aliphatic heterocycles. The predicted molar refractivity (Wildman–Crippen MR) is 173 cm³/mol. The van der Waals surface area contributed by atoms with E-state index < -0.39 is 17.2 Å². The molecular formula is C33H32ClFN6O3. The van der Waals surface area contributed by atoms with Crippen molar-refractivity contribution in [1.82, 2.24) is 19.9 Å². The van der Waals surface area contributed by atoms with Crippen molar-refractivity contribution in [2.24, 2.45) is 0 Å². The third kappa shape index (κ3) is 6.56.